The molecule has 0 unspecified atom stereocenters. The van der Waals surface area contributed by atoms with Crippen LogP contribution >= 0.6 is 0 Å². The van der Waals surface area contributed by atoms with Gasteiger partial charge in [-0.15, -0.1) is 0 Å². The summed E-state index contributed by atoms with van der Waals surface area (Å²) < 4.78 is 0. The van der Waals surface area contributed by atoms with E-state index >= 15 is 0 Å². The molecule has 0 bridgehead atoms. The number of nitriles is 18. The minimum absolute atomic E-state index is 0. The fraction of sp³-hybridized carbons (Fsp3) is 0. The van der Waals surface area contributed by atoms with E-state index in [1.807, 2.05) is 0 Å². The minimum atomic E-state index is -6.43. The van der Waals surface area contributed by atoms with Crippen molar-refractivity contribution in [2.75, 3.05) is 0 Å². The molecule has 0 spiro atoms. The van der Waals surface area contributed by atoms with E-state index in [4.69, 9.17) is 94.7 Å². The molecule has 0 heterocycles. The molecule has 41 heavy (non-hydrogen) atoms. The average Bonchev–Trinajstić information content (AvgIpc) is 3.06. The SMILES string of the molecule is N#[C][Cr-2]([C]#N)([C]#N)([C]#N)([C]#N)[C]#N.N#[C][Cr-2]([C]#N)([C]#N)([C]#N)([C]#N)[C]#N.N#[C][Cr-2]([C]#N)([C]#N)([C]#N)([C]#N)[C]#N.[Cr+3].[Cr+3]. The Bertz CT molecular complexity index is 1410. The summed E-state index contributed by atoms with van der Waals surface area (Å²) in [5, 5.41) is 155. The van der Waals surface area contributed by atoms with Crippen LogP contribution in [0.3, 0.4) is 0 Å². The van der Waals surface area contributed by atoms with E-state index in [-0.39, 0.29) is 34.7 Å². The first-order valence-electron chi connectivity index (χ1n) is 7.70. The molecular formula is C18Cr5N18. The first-order chi connectivity index (χ1) is 17.9. The molecule has 0 aliphatic heterocycles. The van der Waals surface area contributed by atoms with E-state index in [9.17, 15) is 0 Å². The van der Waals surface area contributed by atoms with Gasteiger partial charge in [0.15, 0.2) is 0 Å². The van der Waals surface area contributed by atoms with Gasteiger partial charge in [0.05, 0.1) is 0 Å². The van der Waals surface area contributed by atoms with Gasteiger partial charge >= 0.3 is 251 Å². The molecule has 0 saturated heterocycles. The van der Waals surface area contributed by atoms with Crippen LogP contribution in [0.4, 0.5) is 0 Å². The summed E-state index contributed by atoms with van der Waals surface area (Å²) in [6.07, 6.45) is 0. The van der Waals surface area contributed by atoms with Crippen molar-refractivity contribution in [3.8, 4) is 88.8 Å². The van der Waals surface area contributed by atoms with Crippen LogP contribution in [0, 0.1) is 183 Å². The fourth-order valence-corrected chi connectivity index (χ4v) is 3.79. The summed E-state index contributed by atoms with van der Waals surface area (Å²) in [6, 6.07) is 0. The molecule has 18 nitrogen and oxygen atoms in total. The largest absolute Gasteiger partial charge is 3.00 e. The molecule has 2 radical (unpaired) electrons. The van der Waals surface area contributed by atoms with Gasteiger partial charge in [0.25, 0.3) is 0 Å². The zero-order valence-corrected chi connectivity index (χ0v) is 25.5. The molecule has 0 rings (SSSR count). The molecule has 0 aromatic heterocycles. The smallest absolute Gasteiger partial charge is 3.00 e. The Morgan fingerprint density at radius 2 is 0.220 bits per heavy atom. The van der Waals surface area contributed by atoms with E-state index in [1.165, 1.54) is 0 Å². The Morgan fingerprint density at radius 3 is 0.220 bits per heavy atom. The van der Waals surface area contributed by atoms with Gasteiger partial charge in [-0.3, -0.25) is 0 Å². The van der Waals surface area contributed by atoms with Crippen molar-refractivity contribution in [3.05, 3.63) is 0 Å². The third-order valence-electron chi connectivity index (χ3n) is 4.11. The molecule has 0 aliphatic carbocycles. The molecule has 0 aromatic carbocycles. The van der Waals surface area contributed by atoms with Crippen molar-refractivity contribution >= 4 is 0 Å². The number of hydrogen-bond donors (Lipinski definition) is 0. The van der Waals surface area contributed by atoms with Crippen LogP contribution in [0.15, 0.2) is 0 Å². The standard InChI is InChI=1S/18CN.5Cr/c18*1-2;;;;;/q;;;;;;;;;;;;;;;;;;3*-2;2*+3. The van der Waals surface area contributed by atoms with Gasteiger partial charge in [-0.25, -0.2) is 0 Å². The van der Waals surface area contributed by atoms with Gasteiger partial charge < -0.3 is 0 Å². The minimum Gasteiger partial charge on any atom is 3.00 e. The summed E-state index contributed by atoms with van der Waals surface area (Å²) in [5.41, 5.74) is 0. The summed E-state index contributed by atoms with van der Waals surface area (Å²) in [6.45, 7) is 0. The van der Waals surface area contributed by atoms with Crippen LogP contribution < -0.4 is 0 Å². The second-order valence-corrected chi connectivity index (χ2v) is 25.7. The number of nitrogens with zero attached hydrogens (tertiary/aromatic N) is 18. The Labute approximate surface area is 249 Å². The van der Waals surface area contributed by atoms with Crippen molar-refractivity contribution in [2.45, 2.75) is 0 Å². The van der Waals surface area contributed by atoms with Gasteiger partial charge in [-0.05, 0) is 0 Å². The van der Waals surface area contributed by atoms with Gasteiger partial charge in [0.2, 0.25) is 0 Å². The van der Waals surface area contributed by atoms with E-state index in [0.29, 0.717) is 0 Å². The van der Waals surface area contributed by atoms with E-state index in [2.05, 4.69) is 0 Å². The molecule has 0 amide bonds. The topological polar surface area (TPSA) is 428 Å². The van der Waals surface area contributed by atoms with Gasteiger partial charge in [0, 0.05) is 0 Å². The molecule has 0 saturated carbocycles. The molecule has 0 fully saturated rings. The van der Waals surface area contributed by atoms with Crippen molar-refractivity contribution in [2.24, 2.45) is 0 Å². The van der Waals surface area contributed by atoms with Gasteiger partial charge in [-0.2, -0.15) is 0 Å². The molecule has 23 heteroatoms. The van der Waals surface area contributed by atoms with Crippen LogP contribution in [-0.4, -0.2) is 0 Å². The molecule has 0 aliphatic rings. The van der Waals surface area contributed by atoms with Crippen LogP contribution in [0.2, 0.25) is 0 Å². The van der Waals surface area contributed by atoms with Crippen molar-refractivity contribution in [1.82, 2.24) is 0 Å². The fourth-order valence-electron chi connectivity index (χ4n) is 0.919. The summed E-state index contributed by atoms with van der Waals surface area (Å²) in [7, 11) is -19.3. The maximum atomic E-state index is 8.59. The third-order valence-corrected chi connectivity index (χ3v) is 16.9. The van der Waals surface area contributed by atoms with Crippen molar-refractivity contribution in [1.29, 1.82) is 94.7 Å². The second kappa shape index (κ2) is 11.1. The Balaban J connectivity index is -0.000000154. The first-order valence-corrected chi connectivity index (χ1v) is 19.2. The summed E-state index contributed by atoms with van der Waals surface area (Å²) in [5.74, 6) is 0. The zero-order valence-electron chi connectivity index (χ0n) is 19.1. The molecule has 0 atom stereocenters. The molecule has 0 aromatic rings. The first kappa shape index (κ1) is 44.5. The number of hydrogen-bond acceptors (Lipinski definition) is 18. The summed E-state index contributed by atoms with van der Waals surface area (Å²) >= 11 is 0. The maximum absolute atomic E-state index is 8.59. The van der Waals surface area contributed by atoms with Crippen LogP contribution in [0.1, 0.15) is 0 Å². The van der Waals surface area contributed by atoms with Crippen LogP contribution in [0.25, 0.3) is 0 Å². The van der Waals surface area contributed by atoms with E-state index < -0.39 is 32.8 Å². The Morgan fingerprint density at radius 1 is 0.171 bits per heavy atom. The zero-order chi connectivity index (χ0) is 32.0. The van der Waals surface area contributed by atoms with Crippen LogP contribution in [0.5, 0.6) is 0 Å². The van der Waals surface area contributed by atoms with Crippen molar-refractivity contribution in [3.63, 3.8) is 0 Å². The van der Waals surface area contributed by atoms with E-state index in [0.717, 1.165) is 88.8 Å². The normalized spacial score (nSPS) is 12.7. The van der Waals surface area contributed by atoms with Gasteiger partial charge in [0.1, 0.15) is 0 Å². The Hall–Kier alpha value is -6.52. The molecule has 0 N–H and O–H groups in total. The van der Waals surface area contributed by atoms with Crippen molar-refractivity contribution < 1.29 is 67.5 Å². The monoisotopic (exact) mass is 728 g/mol. The Kier molecular flexibility index (Phi) is 12.0. The predicted molar refractivity (Wildman–Crippen MR) is 101 cm³/mol. The molecular weight excluding hydrogens is 728 g/mol. The maximum Gasteiger partial charge on any atom is 3.00 e. The third kappa shape index (κ3) is 4.76. The quantitative estimate of drug-likeness (QED) is 0.323. The second-order valence-electron chi connectivity index (χ2n) is 6.24. The molecule has 192 valence electrons. The average molecular weight is 728 g/mol. The van der Waals surface area contributed by atoms with Gasteiger partial charge in [-0.1, -0.05) is 0 Å². The predicted octanol–water partition coefficient (Wildman–Crippen LogP) is 0.290. The number of rotatable bonds is 0. The van der Waals surface area contributed by atoms with E-state index in [1.54, 1.807) is 0 Å². The van der Waals surface area contributed by atoms with Crippen LogP contribution in [-0.2, 0) is 67.5 Å². The summed E-state index contributed by atoms with van der Waals surface area (Å²) in [4.78, 5) is 18.9.